The van der Waals surface area contributed by atoms with E-state index in [1.165, 1.54) is 5.56 Å². The summed E-state index contributed by atoms with van der Waals surface area (Å²) in [7, 11) is -1.19. The van der Waals surface area contributed by atoms with Gasteiger partial charge in [0.25, 0.3) is 0 Å². The van der Waals surface area contributed by atoms with Crippen molar-refractivity contribution in [1.82, 2.24) is 0 Å². The van der Waals surface area contributed by atoms with Gasteiger partial charge in [0, 0.05) is 6.04 Å². The predicted molar refractivity (Wildman–Crippen MR) is 88.0 cm³/mol. The fourth-order valence-electron chi connectivity index (χ4n) is 2.97. The van der Waals surface area contributed by atoms with E-state index in [1.807, 2.05) is 30.3 Å². The number of halogens is 1. The Hall–Kier alpha value is -1.16. The number of rotatable bonds is 2. The van der Waals surface area contributed by atoms with Crippen LogP contribution in [0, 0.1) is 0 Å². The van der Waals surface area contributed by atoms with Gasteiger partial charge in [0.1, 0.15) is 0 Å². The molecule has 3 atom stereocenters. The van der Waals surface area contributed by atoms with E-state index >= 15 is 0 Å². The topological polar surface area (TPSA) is 43.1 Å². The van der Waals surface area contributed by atoms with Crippen LogP contribution in [0.4, 0.5) is 0 Å². The van der Waals surface area contributed by atoms with Gasteiger partial charge in [-0.25, -0.2) is 0 Å². The summed E-state index contributed by atoms with van der Waals surface area (Å²) < 4.78 is 12.9. The molecule has 0 aliphatic heterocycles. The molecule has 0 amide bonds. The van der Waals surface area contributed by atoms with Gasteiger partial charge >= 0.3 is 0 Å². The number of nitrogens with two attached hydrogens (primary N) is 1. The van der Waals surface area contributed by atoms with Crippen molar-refractivity contribution in [3.05, 3.63) is 64.7 Å². The number of hydrogen-bond acceptors (Lipinski definition) is 2. The number of aryl methyl sites for hydroxylation is 1. The standard InChI is InChI=1S/C17H18ClNOS/c18-14-9-3-4-10-15(14)21(20)16-11-5-7-12-6-1-2-8-13(12)17(16)19/h1-4,6,8-10,16-17H,5,7,11,19H2. The maximum Gasteiger partial charge on any atom is 0.0595 e. The molecule has 0 fully saturated rings. The normalized spacial score (nSPS) is 23.1. The minimum atomic E-state index is -1.19. The molecule has 4 heteroatoms. The van der Waals surface area contributed by atoms with Gasteiger partial charge in [-0.3, -0.25) is 4.21 Å². The lowest BCUT2D eigenvalue weighted by molar-refractivity contribution is 0.597. The molecule has 0 bridgehead atoms. The van der Waals surface area contributed by atoms with Crippen molar-refractivity contribution in [2.75, 3.05) is 0 Å². The molecule has 2 nitrogen and oxygen atoms in total. The first-order valence-corrected chi connectivity index (χ1v) is 8.76. The van der Waals surface area contributed by atoms with E-state index in [0.717, 1.165) is 24.8 Å². The second-order valence-corrected chi connectivity index (χ2v) is 7.43. The highest BCUT2D eigenvalue weighted by Crippen LogP contribution is 2.33. The van der Waals surface area contributed by atoms with Crippen LogP contribution < -0.4 is 5.73 Å². The molecule has 2 aromatic rings. The second kappa shape index (κ2) is 6.30. The quantitative estimate of drug-likeness (QED) is 0.854. The summed E-state index contributed by atoms with van der Waals surface area (Å²) in [5, 5.41) is 0.467. The van der Waals surface area contributed by atoms with Crippen molar-refractivity contribution >= 4 is 22.4 Å². The monoisotopic (exact) mass is 319 g/mol. The maximum atomic E-state index is 12.9. The van der Waals surface area contributed by atoms with E-state index in [1.54, 1.807) is 6.07 Å². The molecular weight excluding hydrogens is 302 g/mol. The predicted octanol–water partition coefficient (Wildman–Crippen LogP) is 3.85. The summed E-state index contributed by atoms with van der Waals surface area (Å²) in [4.78, 5) is 0.694. The SMILES string of the molecule is NC1c2ccccc2CCCC1S(=O)c1ccccc1Cl. The zero-order valence-electron chi connectivity index (χ0n) is 11.7. The van der Waals surface area contributed by atoms with Gasteiger partial charge in [-0.15, -0.1) is 0 Å². The molecule has 0 heterocycles. The Morgan fingerprint density at radius 3 is 2.62 bits per heavy atom. The van der Waals surface area contributed by atoms with Crippen LogP contribution in [0.15, 0.2) is 53.4 Å². The summed E-state index contributed by atoms with van der Waals surface area (Å²) >= 11 is 6.19. The van der Waals surface area contributed by atoms with E-state index in [9.17, 15) is 4.21 Å². The fourth-order valence-corrected chi connectivity index (χ4v) is 4.93. The minimum Gasteiger partial charge on any atom is -0.323 e. The fraction of sp³-hybridized carbons (Fsp3) is 0.294. The highest BCUT2D eigenvalue weighted by atomic mass is 35.5. The third kappa shape index (κ3) is 2.91. The first-order chi connectivity index (χ1) is 10.2. The lowest BCUT2D eigenvalue weighted by Crippen LogP contribution is -2.30. The van der Waals surface area contributed by atoms with Crippen molar-refractivity contribution in [2.45, 2.75) is 35.4 Å². The van der Waals surface area contributed by atoms with Gasteiger partial charge in [-0.2, -0.15) is 0 Å². The Balaban J connectivity index is 1.96. The van der Waals surface area contributed by atoms with Crippen LogP contribution in [0.25, 0.3) is 0 Å². The Morgan fingerprint density at radius 1 is 1.10 bits per heavy atom. The van der Waals surface area contributed by atoms with E-state index < -0.39 is 10.8 Å². The summed E-state index contributed by atoms with van der Waals surface area (Å²) in [6, 6.07) is 15.4. The van der Waals surface area contributed by atoms with Crippen molar-refractivity contribution in [3.63, 3.8) is 0 Å². The van der Waals surface area contributed by atoms with Crippen LogP contribution in [-0.4, -0.2) is 9.46 Å². The average molecular weight is 320 g/mol. The van der Waals surface area contributed by atoms with Crippen molar-refractivity contribution < 1.29 is 4.21 Å². The molecule has 1 aliphatic carbocycles. The van der Waals surface area contributed by atoms with Gasteiger partial charge in [0.15, 0.2) is 0 Å². The largest absolute Gasteiger partial charge is 0.323 e. The first-order valence-electron chi connectivity index (χ1n) is 7.17. The summed E-state index contributed by atoms with van der Waals surface area (Å²) in [6.45, 7) is 0. The molecule has 1 aliphatic rings. The van der Waals surface area contributed by atoms with E-state index in [0.29, 0.717) is 9.92 Å². The average Bonchev–Trinajstić information content (AvgIpc) is 2.67. The molecule has 2 aromatic carbocycles. The minimum absolute atomic E-state index is 0.0893. The molecular formula is C17H18ClNOS. The maximum absolute atomic E-state index is 12.9. The third-order valence-electron chi connectivity index (χ3n) is 4.08. The Bertz CT molecular complexity index is 673. The molecule has 0 saturated carbocycles. The van der Waals surface area contributed by atoms with Crippen LogP contribution in [-0.2, 0) is 17.2 Å². The van der Waals surface area contributed by atoms with E-state index in [4.69, 9.17) is 17.3 Å². The van der Waals surface area contributed by atoms with Crippen molar-refractivity contribution in [3.8, 4) is 0 Å². The lowest BCUT2D eigenvalue weighted by atomic mass is 10.00. The van der Waals surface area contributed by atoms with E-state index in [-0.39, 0.29) is 11.3 Å². The molecule has 0 saturated heterocycles. The number of benzene rings is 2. The van der Waals surface area contributed by atoms with Gasteiger partial charge in [-0.1, -0.05) is 48.0 Å². The zero-order chi connectivity index (χ0) is 14.8. The van der Waals surface area contributed by atoms with Crippen LogP contribution >= 0.6 is 11.6 Å². The summed E-state index contributed by atoms with van der Waals surface area (Å²) in [6.07, 6.45) is 2.86. The highest BCUT2D eigenvalue weighted by Gasteiger charge is 2.30. The van der Waals surface area contributed by atoms with Crippen LogP contribution in [0.2, 0.25) is 5.02 Å². The Labute approximate surface area is 132 Å². The lowest BCUT2D eigenvalue weighted by Gasteiger charge is -2.22. The molecule has 0 radical (unpaired) electrons. The van der Waals surface area contributed by atoms with Crippen LogP contribution in [0.1, 0.15) is 30.0 Å². The zero-order valence-corrected chi connectivity index (χ0v) is 13.2. The van der Waals surface area contributed by atoms with Gasteiger partial charge < -0.3 is 5.73 Å². The van der Waals surface area contributed by atoms with E-state index in [2.05, 4.69) is 12.1 Å². The molecule has 110 valence electrons. The molecule has 3 unspecified atom stereocenters. The summed E-state index contributed by atoms with van der Waals surface area (Å²) in [5.41, 5.74) is 8.85. The second-order valence-electron chi connectivity index (χ2n) is 5.38. The highest BCUT2D eigenvalue weighted by molar-refractivity contribution is 7.85. The molecule has 21 heavy (non-hydrogen) atoms. The van der Waals surface area contributed by atoms with Gasteiger partial charge in [0.05, 0.1) is 26.0 Å². The van der Waals surface area contributed by atoms with Gasteiger partial charge in [0.2, 0.25) is 0 Å². The number of fused-ring (bicyclic) bond motifs is 1. The number of hydrogen-bond donors (Lipinski definition) is 1. The van der Waals surface area contributed by atoms with Crippen molar-refractivity contribution in [2.24, 2.45) is 5.73 Å². The Morgan fingerprint density at radius 2 is 1.81 bits per heavy atom. The molecule has 0 aromatic heterocycles. The Kier molecular flexibility index (Phi) is 4.43. The first kappa shape index (κ1) is 14.8. The molecule has 2 N–H and O–H groups in total. The summed E-state index contributed by atoms with van der Waals surface area (Å²) in [5.74, 6) is 0. The van der Waals surface area contributed by atoms with Crippen LogP contribution in [0.5, 0.6) is 0 Å². The molecule has 3 rings (SSSR count). The van der Waals surface area contributed by atoms with Crippen molar-refractivity contribution in [1.29, 1.82) is 0 Å². The smallest absolute Gasteiger partial charge is 0.0595 e. The third-order valence-corrected chi connectivity index (χ3v) is 6.39. The molecule has 0 spiro atoms. The van der Waals surface area contributed by atoms with Gasteiger partial charge in [-0.05, 0) is 42.5 Å². The van der Waals surface area contributed by atoms with Crippen LogP contribution in [0.3, 0.4) is 0 Å².